The average molecular weight is 438 g/mol. The van der Waals surface area contributed by atoms with Crippen molar-refractivity contribution in [2.75, 3.05) is 19.0 Å². The molecule has 6 nitrogen and oxygen atoms in total. The number of rotatable bonds is 7. The molecule has 0 fully saturated rings. The van der Waals surface area contributed by atoms with Gasteiger partial charge in [-0.25, -0.2) is 4.79 Å². The minimum absolute atomic E-state index is 0.159. The highest BCUT2D eigenvalue weighted by Gasteiger charge is 2.36. The number of aromatic carboxylic acids is 1. The van der Waals surface area contributed by atoms with Crippen LogP contribution < -0.4 is 14.8 Å². The lowest BCUT2D eigenvalue weighted by atomic mass is 9.88. The highest BCUT2D eigenvalue weighted by atomic mass is 32.1. The van der Waals surface area contributed by atoms with Crippen LogP contribution in [0.3, 0.4) is 0 Å². The van der Waals surface area contributed by atoms with Crippen LogP contribution in [0.25, 0.3) is 11.1 Å². The van der Waals surface area contributed by atoms with Crippen molar-refractivity contribution < 1.29 is 24.2 Å². The third-order valence-corrected chi connectivity index (χ3v) is 6.51. The number of ether oxygens (including phenoxy) is 2. The van der Waals surface area contributed by atoms with Gasteiger partial charge in [-0.2, -0.15) is 0 Å². The first-order chi connectivity index (χ1) is 15.0. The minimum atomic E-state index is -1.01. The number of nitrogens with one attached hydrogen (secondary N) is 1. The number of hydrogen-bond donors (Lipinski definition) is 2. The quantitative estimate of drug-likeness (QED) is 0.518. The largest absolute Gasteiger partial charge is 0.493 e. The standard InChI is InChI=1S/C24H23NO5S/c1-3-12-30-21-15(10-7-11-17(21)29-2)16-13-18(26)25-20-19(14-8-5-4-6-9-14)23(24(27)28)31-22(16)20/h4-11,16H,3,12-13H2,1-2H3,(H,25,26)(H,27,28)/t16-/m0/s1. The van der Waals surface area contributed by atoms with Gasteiger partial charge >= 0.3 is 5.97 Å². The molecule has 0 radical (unpaired) electrons. The molecular formula is C24H23NO5S. The number of carbonyl (C=O) groups is 2. The zero-order valence-corrected chi connectivity index (χ0v) is 18.1. The second-order valence-corrected chi connectivity index (χ2v) is 8.30. The van der Waals surface area contributed by atoms with E-state index in [4.69, 9.17) is 9.47 Å². The van der Waals surface area contributed by atoms with Gasteiger partial charge in [0, 0.05) is 28.3 Å². The zero-order chi connectivity index (χ0) is 22.0. The number of carbonyl (C=O) groups excluding carboxylic acids is 1. The number of methoxy groups -OCH3 is 1. The summed E-state index contributed by atoms with van der Waals surface area (Å²) in [5, 5.41) is 12.8. The molecule has 0 spiro atoms. The van der Waals surface area contributed by atoms with E-state index in [0.29, 0.717) is 29.4 Å². The lowest BCUT2D eigenvalue weighted by molar-refractivity contribution is -0.116. The van der Waals surface area contributed by atoms with Gasteiger partial charge in [0.15, 0.2) is 11.5 Å². The van der Waals surface area contributed by atoms with Crippen LogP contribution in [0, 0.1) is 0 Å². The average Bonchev–Trinajstić information content (AvgIpc) is 3.17. The molecule has 31 heavy (non-hydrogen) atoms. The van der Waals surface area contributed by atoms with Gasteiger partial charge in [0.2, 0.25) is 5.91 Å². The number of amides is 1. The number of carboxylic acid groups (broad SMARTS) is 1. The second kappa shape index (κ2) is 8.81. The maximum absolute atomic E-state index is 12.7. The Hall–Kier alpha value is -3.32. The molecule has 7 heteroatoms. The van der Waals surface area contributed by atoms with Gasteiger partial charge < -0.3 is 19.9 Å². The molecule has 4 rings (SSSR count). The van der Waals surface area contributed by atoms with Crippen molar-refractivity contribution in [3.63, 3.8) is 0 Å². The second-order valence-electron chi connectivity index (χ2n) is 7.25. The molecule has 2 N–H and O–H groups in total. The smallest absolute Gasteiger partial charge is 0.346 e. The van der Waals surface area contributed by atoms with Gasteiger partial charge in [-0.3, -0.25) is 4.79 Å². The molecule has 3 aromatic rings. The highest BCUT2D eigenvalue weighted by molar-refractivity contribution is 7.15. The van der Waals surface area contributed by atoms with Gasteiger partial charge in [0.25, 0.3) is 0 Å². The Morgan fingerprint density at radius 3 is 2.65 bits per heavy atom. The van der Waals surface area contributed by atoms with Crippen LogP contribution in [0.2, 0.25) is 0 Å². The molecule has 0 saturated carbocycles. The predicted molar refractivity (Wildman–Crippen MR) is 121 cm³/mol. The number of carboxylic acids is 1. The first-order valence-electron chi connectivity index (χ1n) is 10.1. The van der Waals surface area contributed by atoms with Crippen molar-refractivity contribution in [1.29, 1.82) is 0 Å². The van der Waals surface area contributed by atoms with Gasteiger partial charge in [-0.15, -0.1) is 11.3 Å². The summed E-state index contributed by atoms with van der Waals surface area (Å²) in [6.45, 7) is 2.53. The molecule has 0 bridgehead atoms. The summed E-state index contributed by atoms with van der Waals surface area (Å²) in [6.07, 6.45) is 1.03. The van der Waals surface area contributed by atoms with Crippen LogP contribution in [-0.4, -0.2) is 30.7 Å². The van der Waals surface area contributed by atoms with E-state index in [0.717, 1.165) is 22.4 Å². The molecule has 0 saturated heterocycles. The van der Waals surface area contributed by atoms with Crippen molar-refractivity contribution in [1.82, 2.24) is 0 Å². The first kappa shape index (κ1) is 20.9. The summed E-state index contributed by atoms with van der Waals surface area (Å²) in [4.78, 5) is 25.8. The van der Waals surface area contributed by atoms with E-state index < -0.39 is 5.97 Å². The predicted octanol–water partition coefficient (Wildman–Crippen LogP) is 5.38. The number of anilines is 1. The maximum Gasteiger partial charge on any atom is 0.346 e. The van der Waals surface area contributed by atoms with Gasteiger partial charge in [-0.1, -0.05) is 49.4 Å². The third-order valence-electron chi connectivity index (χ3n) is 5.22. The summed E-state index contributed by atoms with van der Waals surface area (Å²) < 4.78 is 11.5. The van der Waals surface area contributed by atoms with Gasteiger partial charge in [0.1, 0.15) is 4.88 Å². The van der Waals surface area contributed by atoms with Crippen molar-refractivity contribution in [2.24, 2.45) is 0 Å². The van der Waals surface area contributed by atoms with Crippen molar-refractivity contribution in [2.45, 2.75) is 25.7 Å². The Labute approximate surface area is 184 Å². The molecule has 2 aromatic carbocycles. The molecule has 0 unspecified atom stereocenters. The number of fused-ring (bicyclic) bond motifs is 1. The molecule has 1 aromatic heterocycles. The lowest BCUT2D eigenvalue weighted by Crippen LogP contribution is -2.23. The molecule has 0 aliphatic carbocycles. The lowest BCUT2D eigenvalue weighted by Gasteiger charge is -2.26. The number of hydrogen-bond acceptors (Lipinski definition) is 5. The highest BCUT2D eigenvalue weighted by Crippen LogP contribution is 2.51. The van der Waals surface area contributed by atoms with Crippen molar-refractivity contribution >= 4 is 28.9 Å². The molecule has 1 atom stereocenters. The Bertz CT molecular complexity index is 1120. The monoisotopic (exact) mass is 437 g/mol. The normalized spacial score (nSPS) is 15.2. The zero-order valence-electron chi connectivity index (χ0n) is 17.3. The summed E-state index contributed by atoms with van der Waals surface area (Å²) in [7, 11) is 1.58. The minimum Gasteiger partial charge on any atom is -0.493 e. The Morgan fingerprint density at radius 1 is 1.19 bits per heavy atom. The van der Waals surface area contributed by atoms with Crippen LogP contribution in [0.5, 0.6) is 11.5 Å². The Balaban J connectivity index is 1.92. The van der Waals surface area contributed by atoms with E-state index in [1.807, 2.05) is 55.5 Å². The van der Waals surface area contributed by atoms with Crippen molar-refractivity contribution in [3.05, 3.63) is 63.8 Å². The maximum atomic E-state index is 12.7. The summed E-state index contributed by atoms with van der Waals surface area (Å²) >= 11 is 1.21. The number of benzene rings is 2. The fourth-order valence-corrected chi connectivity index (χ4v) is 5.13. The van der Waals surface area contributed by atoms with Crippen LogP contribution in [0.15, 0.2) is 48.5 Å². The van der Waals surface area contributed by atoms with Gasteiger partial charge in [0.05, 0.1) is 19.4 Å². The first-order valence-corrected chi connectivity index (χ1v) is 10.9. The molecule has 1 aliphatic heterocycles. The molecule has 160 valence electrons. The van der Waals surface area contributed by atoms with Crippen molar-refractivity contribution in [3.8, 4) is 22.6 Å². The molecular weight excluding hydrogens is 414 g/mol. The molecule has 2 heterocycles. The number of thiophene rings is 1. The van der Waals surface area contributed by atoms with E-state index in [1.54, 1.807) is 7.11 Å². The van der Waals surface area contributed by atoms with E-state index in [2.05, 4.69) is 5.32 Å². The summed E-state index contributed by atoms with van der Waals surface area (Å²) in [5.74, 6) is -0.305. The van der Waals surface area contributed by atoms with E-state index in [1.165, 1.54) is 11.3 Å². The Morgan fingerprint density at radius 2 is 1.97 bits per heavy atom. The fourth-order valence-electron chi connectivity index (χ4n) is 3.90. The molecule has 1 aliphatic rings. The van der Waals surface area contributed by atoms with E-state index >= 15 is 0 Å². The van der Waals surface area contributed by atoms with E-state index in [-0.39, 0.29) is 23.1 Å². The molecule has 1 amide bonds. The Kier molecular flexibility index (Phi) is 5.95. The third kappa shape index (κ3) is 3.88. The van der Waals surface area contributed by atoms with Crippen LogP contribution in [0.1, 0.15) is 45.8 Å². The van der Waals surface area contributed by atoms with Gasteiger partial charge in [-0.05, 0) is 18.1 Å². The number of para-hydroxylation sites is 1. The van der Waals surface area contributed by atoms with Crippen LogP contribution >= 0.6 is 11.3 Å². The fraction of sp³-hybridized carbons (Fsp3) is 0.250. The topological polar surface area (TPSA) is 84.9 Å². The van der Waals surface area contributed by atoms with E-state index in [9.17, 15) is 14.7 Å². The van der Waals surface area contributed by atoms with Crippen LogP contribution in [-0.2, 0) is 4.79 Å². The van der Waals surface area contributed by atoms with Crippen LogP contribution in [0.4, 0.5) is 5.69 Å². The summed E-state index contributed by atoms with van der Waals surface area (Å²) in [6, 6.07) is 14.9. The summed E-state index contributed by atoms with van der Waals surface area (Å²) in [5.41, 5.74) is 2.69. The SMILES string of the molecule is CCCOc1c(OC)cccc1[C@@H]1CC(=O)Nc2c1sc(C(=O)O)c2-c1ccccc1.